The molecule has 6 aromatic carbocycles. The summed E-state index contributed by atoms with van der Waals surface area (Å²) in [5.74, 6) is -0.679. The summed E-state index contributed by atoms with van der Waals surface area (Å²) >= 11 is 6.36. The zero-order valence-electron chi connectivity index (χ0n) is 49.4. The van der Waals surface area contributed by atoms with Crippen LogP contribution in [0.25, 0.3) is 22.3 Å². The predicted octanol–water partition coefficient (Wildman–Crippen LogP) is 10.9. The molecule has 12 rings (SSSR count). The molecule has 466 valence electrons. The Kier molecular flexibility index (Phi) is 18.1. The van der Waals surface area contributed by atoms with Crippen molar-refractivity contribution in [3.05, 3.63) is 226 Å². The van der Waals surface area contributed by atoms with Crippen LogP contribution < -0.4 is 30.2 Å². The van der Waals surface area contributed by atoms with Crippen molar-refractivity contribution in [3.63, 3.8) is 0 Å². The van der Waals surface area contributed by atoms with E-state index in [2.05, 4.69) is 40.5 Å². The highest BCUT2D eigenvalue weighted by atomic mass is 35.5. The van der Waals surface area contributed by atoms with E-state index in [1.807, 2.05) is 78.9 Å². The van der Waals surface area contributed by atoms with E-state index < -0.39 is 86.2 Å². The minimum atomic E-state index is -4.97. The van der Waals surface area contributed by atoms with E-state index in [1.165, 1.54) is 47.8 Å². The van der Waals surface area contributed by atoms with E-state index >= 15 is 4.57 Å². The number of aromatic nitrogens is 8. The molecule has 2 amide bonds. The largest absolute Gasteiger partial charge is 0.530 e. The highest BCUT2D eigenvalue weighted by Gasteiger charge is 2.49. The number of amides is 2. The van der Waals surface area contributed by atoms with Crippen LogP contribution in [0, 0.1) is 5.92 Å². The third kappa shape index (κ3) is 13.3. The van der Waals surface area contributed by atoms with Crippen molar-refractivity contribution in [3.8, 4) is 17.2 Å². The van der Waals surface area contributed by atoms with Gasteiger partial charge in [-0.05, 0) is 89.5 Å². The second-order valence-corrected chi connectivity index (χ2v) is 23.5. The molecule has 2 fully saturated rings. The molecule has 1 unspecified atom stereocenters. The number of esters is 1. The second kappa shape index (κ2) is 26.8. The summed E-state index contributed by atoms with van der Waals surface area (Å²) in [5.41, 5.74) is 1.30. The molecule has 2 aliphatic heterocycles. The number of carbonyl (C=O) groups is 3. The Bertz CT molecular complexity index is 4270. The minimum absolute atomic E-state index is 0.0410. The molecule has 7 atom stereocenters. The van der Waals surface area contributed by atoms with Gasteiger partial charge in [0, 0.05) is 29.3 Å². The molecule has 0 spiro atoms. The first-order chi connectivity index (χ1) is 44.2. The molecule has 91 heavy (non-hydrogen) atoms. The van der Waals surface area contributed by atoms with Gasteiger partial charge in [0.15, 0.2) is 28.1 Å². The molecular weight excluding hydrogens is 1210 g/mol. The van der Waals surface area contributed by atoms with Gasteiger partial charge in [0.1, 0.15) is 66.0 Å². The number of benzene rings is 6. The maximum Gasteiger partial charge on any atom is 0.530 e. The summed E-state index contributed by atoms with van der Waals surface area (Å²) in [6.45, 7) is 2.54. The molecule has 0 saturated carbocycles. The molecule has 4 aromatic heterocycles. The van der Waals surface area contributed by atoms with Crippen molar-refractivity contribution in [2.24, 2.45) is 5.92 Å². The van der Waals surface area contributed by atoms with E-state index in [4.69, 9.17) is 53.6 Å². The van der Waals surface area contributed by atoms with E-state index in [0.717, 1.165) is 5.56 Å². The molecule has 24 nitrogen and oxygen atoms in total. The number of carbonyl (C=O) groups excluding carboxylic acids is 3. The average Bonchev–Trinajstić information content (AvgIpc) is 1.17. The maximum absolute atomic E-state index is 16.1. The van der Waals surface area contributed by atoms with Gasteiger partial charge < -0.3 is 38.3 Å². The van der Waals surface area contributed by atoms with Crippen molar-refractivity contribution in [1.82, 2.24) is 39.0 Å². The van der Waals surface area contributed by atoms with Gasteiger partial charge in [-0.2, -0.15) is 4.98 Å². The van der Waals surface area contributed by atoms with Crippen LogP contribution in [0.3, 0.4) is 0 Å². The number of phosphoric acid groups is 1. The maximum atomic E-state index is 16.1. The standard InChI is InChI=1S/C65H60ClN10O14P/c1-39(2)60(77)73-64-72-59-56(62(79)74-64)70-38-76(59)53-32-49(88-63(80)41-16-10-6-11-17-41)52(87-53)35-85-91(81,89-48-30-24-45(66)25-31-48)90-50-33-54(75-37-69-55-57(67-36-68-58(55)75)71-61(78)40-14-8-5-9-15-40)86-51(50)34-84-65(42-18-12-7-13-19-42,43-20-26-46(82-3)27-21-43)44-22-28-47(83-4)29-23-44/h5-31,36-39,49-54H,32-35H2,1-4H3,(H,67,68,71,78)(H2,72,73,74,77,79)/t49-,50-,51+,52+,53+,54+,91?/m0/s1. The monoisotopic (exact) mass is 1270 g/mol. The number of hydrogen-bond acceptors (Lipinski definition) is 19. The lowest BCUT2D eigenvalue weighted by Gasteiger charge is -2.37. The Labute approximate surface area is 525 Å². The van der Waals surface area contributed by atoms with Crippen LogP contribution in [0.15, 0.2) is 188 Å². The molecule has 6 heterocycles. The smallest absolute Gasteiger partial charge is 0.497 e. The number of rotatable bonds is 23. The average molecular weight is 1270 g/mol. The van der Waals surface area contributed by atoms with Gasteiger partial charge in [-0.1, -0.05) is 116 Å². The van der Waals surface area contributed by atoms with Gasteiger partial charge in [0.05, 0.1) is 45.7 Å². The topological polar surface area (TPSA) is 283 Å². The van der Waals surface area contributed by atoms with Crippen LogP contribution in [0.2, 0.25) is 5.02 Å². The molecule has 0 radical (unpaired) electrons. The number of nitrogens with one attached hydrogen (secondary N) is 3. The lowest BCUT2D eigenvalue weighted by atomic mass is 9.80. The molecule has 2 saturated heterocycles. The zero-order valence-corrected chi connectivity index (χ0v) is 51.0. The van der Waals surface area contributed by atoms with Crippen LogP contribution >= 0.6 is 19.4 Å². The van der Waals surface area contributed by atoms with Crippen LogP contribution in [-0.4, -0.2) is 109 Å². The normalized spacial score (nSPS) is 18.8. The van der Waals surface area contributed by atoms with E-state index in [1.54, 1.807) is 93.3 Å². The lowest BCUT2D eigenvalue weighted by molar-refractivity contribution is -0.119. The van der Waals surface area contributed by atoms with E-state index in [0.29, 0.717) is 33.2 Å². The predicted molar refractivity (Wildman–Crippen MR) is 333 cm³/mol. The number of hydrogen-bond donors (Lipinski definition) is 3. The Hall–Kier alpha value is -9.65. The highest BCUT2D eigenvalue weighted by Crippen LogP contribution is 2.55. The van der Waals surface area contributed by atoms with Gasteiger partial charge in [0.25, 0.3) is 11.5 Å². The molecule has 0 aliphatic carbocycles. The SMILES string of the molecule is COc1ccc(C(OC[C@H]2O[C@@H](n3cnc4c(NC(=O)c5ccccc5)ncnc43)C[C@@H]2OP(=O)(OC[C@H]2O[C@@H](n3cnc4c(=O)[nH]c(NC(=O)C(C)C)nc43)C[C@@H]2OC(=O)c2ccccc2)Oc2ccc(Cl)cc2)(c2ccccc2)c2ccc(OC)cc2)cc1. The quantitative estimate of drug-likeness (QED) is 0.0305. The number of ether oxygens (including phenoxy) is 6. The molecule has 0 bridgehead atoms. The van der Waals surface area contributed by atoms with Gasteiger partial charge in [-0.25, -0.2) is 29.3 Å². The Morgan fingerprint density at radius 3 is 1.82 bits per heavy atom. The Morgan fingerprint density at radius 2 is 1.21 bits per heavy atom. The van der Waals surface area contributed by atoms with Crippen molar-refractivity contribution >= 4 is 71.3 Å². The number of phosphoric ester groups is 1. The summed E-state index contributed by atoms with van der Waals surface area (Å²) in [6.07, 6.45) is -2.62. The van der Waals surface area contributed by atoms with Gasteiger partial charge in [-0.3, -0.25) is 42.9 Å². The van der Waals surface area contributed by atoms with Crippen LogP contribution in [0.1, 0.15) is 76.6 Å². The first-order valence-electron chi connectivity index (χ1n) is 28.9. The number of imidazole rings is 2. The molecule has 10 aromatic rings. The number of aromatic amines is 1. The number of nitrogens with zero attached hydrogens (tertiary/aromatic N) is 7. The molecule has 3 N–H and O–H groups in total. The number of methoxy groups -OCH3 is 2. The first-order valence-corrected chi connectivity index (χ1v) is 30.8. The fourth-order valence-corrected chi connectivity index (χ4v) is 12.3. The van der Waals surface area contributed by atoms with Gasteiger partial charge in [-0.15, -0.1) is 0 Å². The lowest BCUT2D eigenvalue weighted by Crippen LogP contribution is -2.38. The van der Waals surface area contributed by atoms with E-state index in [9.17, 15) is 19.2 Å². The van der Waals surface area contributed by atoms with Crippen molar-refractivity contribution in [2.45, 2.75) is 69.2 Å². The van der Waals surface area contributed by atoms with Crippen molar-refractivity contribution in [2.75, 3.05) is 38.1 Å². The number of anilines is 2. The first kappa shape index (κ1) is 61.6. The van der Waals surface area contributed by atoms with Crippen LogP contribution in [-0.2, 0) is 43.0 Å². The summed E-state index contributed by atoms with van der Waals surface area (Å²) in [7, 11) is -1.81. The Balaban J connectivity index is 0.915. The van der Waals surface area contributed by atoms with Crippen LogP contribution in [0.5, 0.6) is 17.2 Å². The minimum Gasteiger partial charge on any atom is -0.497 e. The summed E-state index contributed by atoms with van der Waals surface area (Å²) < 4.78 is 77.2. The van der Waals surface area contributed by atoms with E-state index in [-0.39, 0.29) is 64.9 Å². The second-order valence-electron chi connectivity index (χ2n) is 21.5. The molecule has 2 aliphatic rings. The molecular formula is C65H60ClN10O14P. The third-order valence-electron chi connectivity index (χ3n) is 15.4. The van der Waals surface area contributed by atoms with Gasteiger partial charge >= 0.3 is 13.8 Å². The fraction of sp³-hybridized carbons (Fsp3) is 0.246. The third-order valence-corrected chi connectivity index (χ3v) is 17.1. The summed E-state index contributed by atoms with van der Waals surface area (Å²) in [6, 6.07) is 47.6. The summed E-state index contributed by atoms with van der Waals surface area (Å²) in [4.78, 5) is 78.5. The van der Waals surface area contributed by atoms with Crippen molar-refractivity contribution in [1.29, 1.82) is 0 Å². The summed E-state index contributed by atoms with van der Waals surface area (Å²) in [5, 5.41) is 5.83. The zero-order chi connectivity index (χ0) is 63.2. The fourth-order valence-electron chi connectivity index (χ4n) is 10.8. The number of fused-ring (bicyclic) bond motifs is 2. The number of H-pyrrole nitrogens is 1. The number of halogens is 1. The highest BCUT2D eigenvalue weighted by molar-refractivity contribution is 7.49. The van der Waals surface area contributed by atoms with Crippen molar-refractivity contribution < 1.29 is 60.9 Å². The van der Waals surface area contributed by atoms with Crippen LogP contribution in [0.4, 0.5) is 11.8 Å². The molecule has 26 heteroatoms. The van der Waals surface area contributed by atoms with Gasteiger partial charge in [0.2, 0.25) is 11.9 Å². The Morgan fingerprint density at radius 1 is 0.659 bits per heavy atom.